The summed E-state index contributed by atoms with van der Waals surface area (Å²) in [5.74, 6) is 0. The van der Waals surface area contributed by atoms with Crippen LogP contribution < -0.4 is 0 Å². The molecule has 0 aromatic carbocycles. The molecule has 0 aromatic heterocycles. The summed E-state index contributed by atoms with van der Waals surface area (Å²) in [7, 11) is 0. The van der Waals surface area contributed by atoms with Gasteiger partial charge in [0.15, 0.2) is 0 Å². The van der Waals surface area contributed by atoms with Crippen molar-refractivity contribution < 1.29 is 0 Å². The van der Waals surface area contributed by atoms with Crippen LogP contribution in [0.2, 0.25) is 0 Å². The normalized spacial score (nSPS) is 15.7. The molecule has 0 aliphatic carbocycles. The van der Waals surface area contributed by atoms with Crippen LogP contribution in [0.3, 0.4) is 0 Å². The van der Waals surface area contributed by atoms with Gasteiger partial charge in [-0.1, -0.05) is 38.8 Å². The highest BCUT2D eigenvalue weighted by Gasteiger charge is 2.02. The van der Waals surface area contributed by atoms with Crippen LogP contribution in [0.5, 0.6) is 0 Å². The van der Waals surface area contributed by atoms with E-state index in [1.54, 1.807) is 0 Å². The molecule has 0 bridgehead atoms. The zero-order valence-electron chi connectivity index (χ0n) is 10.2. The molecule has 0 fully saturated rings. The first kappa shape index (κ1) is 15.4. The molecule has 0 saturated heterocycles. The van der Waals surface area contributed by atoms with Crippen LogP contribution in [0.25, 0.3) is 0 Å². The quantitative estimate of drug-likeness (QED) is 0.322. The van der Waals surface area contributed by atoms with Crippen LogP contribution in [0.4, 0.5) is 0 Å². The molecule has 0 aromatic rings. The average molecular weight is 246 g/mol. The molecule has 0 aliphatic heterocycles. The molecular weight excluding hydrogens is 220 g/mol. The van der Waals surface area contributed by atoms with Gasteiger partial charge in [-0.3, -0.25) is 0 Å². The number of rotatable bonds is 9. The molecule has 0 spiro atoms. The second-order valence-corrected chi connectivity index (χ2v) is 5.86. The average Bonchev–Trinajstić information content (AvgIpc) is 2.19. The van der Waals surface area contributed by atoms with Gasteiger partial charge in [0, 0.05) is 5.25 Å². The van der Waals surface area contributed by atoms with Gasteiger partial charge in [-0.05, 0) is 37.4 Å². The van der Waals surface area contributed by atoms with Crippen molar-refractivity contribution in [2.75, 3.05) is 0 Å². The van der Waals surface area contributed by atoms with Crippen molar-refractivity contribution in [2.45, 2.75) is 69.3 Å². The largest absolute Gasteiger partial charge is 0.176 e. The Morgan fingerprint density at radius 1 is 1.00 bits per heavy atom. The van der Waals surface area contributed by atoms with Gasteiger partial charge in [-0.15, -0.1) is 0 Å². The Morgan fingerprint density at radius 2 is 1.67 bits per heavy atom. The van der Waals surface area contributed by atoms with Crippen LogP contribution in [-0.2, 0) is 0 Å². The highest BCUT2D eigenvalue weighted by atomic mass is 32.1. The maximum absolute atomic E-state index is 4.60. The van der Waals surface area contributed by atoms with E-state index in [4.69, 9.17) is 0 Å². The molecule has 0 aliphatic rings. The minimum absolute atomic E-state index is 0.552. The van der Waals surface area contributed by atoms with Crippen molar-refractivity contribution >= 4 is 25.3 Å². The smallest absolute Gasteiger partial charge is 0.00197 e. The summed E-state index contributed by atoms with van der Waals surface area (Å²) in [6, 6.07) is 0. The van der Waals surface area contributed by atoms with E-state index in [0.29, 0.717) is 10.5 Å². The Balaban J connectivity index is 3.25. The lowest BCUT2D eigenvalue weighted by atomic mass is 10.1. The fourth-order valence-electron chi connectivity index (χ4n) is 1.54. The van der Waals surface area contributed by atoms with E-state index < -0.39 is 0 Å². The van der Waals surface area contributed by atoms with E-state index >= 15 is 0 Å². The lowest BCUT2D eigenvalue weighted by molar-refractivity contribution is 0.608. The molecule has 0 radical (unpaired) electrons. The van der Waals surface area contributed by atoms with Crippen molar-refractivity contribution in [1.29, 1.82) is 0 Å². The topological polar surface area (TPSA) is 0 Å². The Morgan fingerprint density at radius 3 is 2.27 bits per heavy atom. The van der Waals surface area contributed by atoms with Gasteiger partial charge in [0.1, 0.15) is 0 Å². The second kappa shape index (κ2) is 10.9. The predicted molar refractivity (Wildman–Crippen MR) is 78.4 cm³/mol. The van der Waals surface area contributed by atoms with Crippen molar-refractivity contribution in [1.82, 2.24) is 0 Å². The standard InChI is InChI=1S/C13H26S2/c1-3-4-5-6-10-13(15)11-8-7-9-12(2)14/h4-5,12-15H,3,6-11H2,1-2H3/b5-4+. The van der Waals surface area contributed by atoms with Crippen molar-refractivity contribution in [3.8, 4) is 0 Å². The Kier molecular flexibility index (Phi) is 11.3. The number of hydrogen-bond donors (Lipinski definition) is 2. The molecule has 2 unspecified atom stereocenters. The van der Waals surface area contributed by atoms with Crippen molar-refractivity contribution in [3.05, 3.63) is 12.2 Å². The lowest BCUT2D eigenvalue weighted by Gasteiger charge is -2.09. The summed E-state index contributed by atoms with van der Waals surface area (Å²) in [6.45, 7) is 4.34. The van der Waals surface area contributed by atoms with Gasteiger partial charge >= 0.3 is 0 Å². The number of hydrogen-bond acceptors (Lipinski definition) is 2. The summed E-state index contributed by atoms with van der Waals surface area (Å²) in [5, 5.41) is 1.14. The summed E-state index contributed by atoms with van der Waals surface area (Å²) in [4.78, 5) is 0. The number of allylic oxidation sites excluding steroid dienone is 2. The first-order valence-corrected chi connectivity index (χ1v) is 7.21. The summed E-state index contributed by atoms with van der Waals surface area (Å²) in [5.41, 5.74) is 0. The van der Waals surface area contributed by atoms with Gasteiger partial charge in [0.25, 0.3) is 0 Å². The third-order valence-corrected chi connectivity index (χ3v) is 3.25. The fraction of sp³-hybridized carbons (Fsp3) is 0.846. The predicted octanol–water partition coefficient (Wildman–Crippen LogP) is 4.91. The molecule has 0 rings (SSSR count). The third kappa shape index (κ3) is 12.4. The summed E-state index contributed by atoms with van der Waals surface area (Å²) >= 11 is 8.98. The number of unbranched alkanes of at least 4 members (excludes halogenated alkanes) is 1. The van der Waals surface area contributed by atoms with Crippen molar-refractivity contribution in [3.63, 3.8) is 0 Å². The van der Waals surface area contributed by atoms with Crippen LogP contribution >= 0.6 is 25.3 Å². The molecule has 2 atom stereocenters. The summed E-state index contributed by atoms with van der Waals surface area (Å²) in [6.07, 6.45) is 13.2. The third-order valence-electron chi connectivity index (χ3n) is 2.48. The first-order valence-electron chi connectivity index (χ1n) is 6.18. The van der Waals surface area contributed by atoms with Crippen LogP contribution in [-0.4, -0.2) is 10.5 Å². The SMILES string of the molecule is CC/C=C/CCC(S)CCCCC(C)S. The molecule has 90 valence electrons. The van der Waals surface area contributed by atoms with E-state index in [-0.39, 0.29) is 0 Å². The van der Waals surface area contributed by atoms with Gasteiger partial charge in [0.2, 0.25) is 0 Å². The zero-order valence-corrected chi connectivity index (χ0v) is 11.9. The monoisotopic (exact) mass is 246 g/mol. The minimum atomic E-state index is 0.552. The zero-order chi connectivity index (χ0) is 11.5. The Labute approximate surface area is 107 Å². The summed E-state index contributed by atoms with van der Waals surface area (Å²) < 4.78 is 0. The van der Waals surface area contributed by atoms with E-state index in [1.165, 1.54) is 38.5 Å². The minimum Gasteiger partial charge on any atom is -0.176 e. The van der Waals surface area contributed by atoms with Gasteiger partial charge in [0.05, 0.1) is 0 Å². The fourth-order valence-corrected chi connectivity index (χ4v) is 2.05. The van der Waals surface area contributed by atoms with Gasteiger partial charge in [-0.2, -0.15) is 25.3 Å². The van der Waals surface area contributed by atoms with Crippen LogP contribution in [0, 0.1) is 0 Å². The molecule has 0 amide bonds. The molecule has 0 nitrogen and oxygen atoms in total. The van der Waals surface area contributed by atoms with E-state index in [0.717, 1.165) is 6.42 Å². The van der Waals surface area contributed by atoms with Gasteiger partial charge < -0.3 is 0 Å². The maximum atomic E-state index is 4.60. The van der Waals surface area contributed by atoms with Crippen molar-refractivity contribution in [2.24, 2.45) is 0 Å². The number of thiol groups is 2. The second-order valence-electron chi connectivity index (χ2n) is 4.24. The molecular formula is C13H26S2. The van der Waals surface area contributed by atoms with E-state index in [9.17, 15) is 0 Å². The first-order chi connectivity index (χ1) is 7.16. The van der Waals surface area contributed by atoms with E-state index in [1.807, 2.05) is 0 Å². The Bertz CT molecular complexity index is 153. The molecule has 0 N–H and O–H groups in total. The van der Waals surface area contributed by atoms with Gasteiger partial charge in [-0.25, -0.2) is 0 Å². The Hall–Kier alpha value is 0.440. The highest BCUT2D eigenvalue weighted by Crippen LogP contribution is 2.15. The van der Waals surface area contributed by atoms with Crippen LogP contribution in [0.15, 0.2) is 12.2 Å². The maximum Gasteiger partial charge on any atom is 0.00197 e. The molecule has 0 saturated carbocycles. The molecule has 0 heterocycles. The van der Waals surface area contributed by atoms with Crippen LogP contribution in [0.1, 0.15) is 58.8 Å². The molecule has 2 heteroatoms. The molecule has 15 heavy (non-hydrogen) atoms. The van der Waals surface area contributed by atoms with E-state index in [2.05, 4.69) is 51.3 Å². The lowest BCUT2D eigenvalue weighted by Crippen LogP contribution is -1.99. The highest BCUT2D eigenvalue weighted by molar-refractivity contribution is 7.81.